The summed E-state index contributed by atoms with van der Waals surface area (Å²) in [4.78, 5) is 0. The molecule has 0 spiro atoms. The highest BCUT2D eigenvalue weighted by Gasteiger charge is 2.30. The van der Waals surface area contributed by atoms with Gasteiger partial charge in [-0.3, -0.25) is 0 Å². The van der Waals surface area contributed by atoms with Crippen molar-refractivity contribution in [1.29, 1.82) is 0 Å². The van der Waals surface area contributed by atoms with Crippen molar-refractivity contribution in [3.63, 3.8) is 0 Å². The summed E-state index contributed by atoms with van der Waals surface area (Å²) in [6, 6.07) is 9.94. The van der Waals surface area contributed by atoms with Crippen LogP contribution in [-0.4, -0.2) is 19.3 Å². The second-order valence-electron chi connectivity index (χ2n) is 5.51. The van der Waals surface area contributed by atoms with Gasteiger partial charge in [-0.2, -0.15) is 13.2 Å². The second-order valence-corrected chi connectivity index (χ2v) is 5.91. The van der Waals surface area contributed by atoms with Gasteiger partial charge in [-0.1, -0.05) is 6.07 Å². The lowest BCUT2D eigenvalue weighted by atomic mass is 10.1. The predicted octanol–water partition coefficient (Wildman–Crippen LogP) is 4.77. The average molecular weight is 384 g/mol. The quantitative estimate of drug-likeness (QED) is 0.727. The normalized spacial score (nSPS) is 12.2. The molecule has 0 unspecified atom stereocenters. The maximum Gasteiger partial charge on any atom is 0.416 e. The van der Waals surface area contributed by atoms with E-state index in [0.717, 1.165) is 17.7 Å². The molecule has 2 N–H and O–H groups in total. The fourth-order valence-electron chi connectivity index (χ4n) is 2.39. The number of nitrogens with one attached hydrogen (secondary N) is 2. The maximum atomic E-state index is 12.8. The zero-order chi connectivity index (χ0) is 19.3. The minimum Gasteiger partial charge on any atom is -0.497 e. The van der Waals surface area contributed by atoms with E-state index < -0.39 is 11.7 Å². The monoisotopic (exact) mass is 384 g/mol. The van der Waals surface area contributed by atoms with Crippen molar-refractivity contribution in [1.82, 2.24) is 5.32 Å². The molecule has 2 rings (SSSR count). The predicted molar refractivity (Wildman–Crippen MR) is 98.8 cm³/mol. The lowest BCUT2D eigenvalue weighted by molar-refractivity contribution is -0.137. The smallest absolute Gasteiger partial charge is 0.416 e. The summed E-state index contributed by atoms with van der Waals surface area (Å²) in [5.41, 5.74) is 0.315. The number of halogens is 3. The van der Waals surface area contributed by atoms with Crippen molar-refractivity contribution in [2.45, 2.75) is 19.1 Å². The molecule has 140 valence electrons. The molecule has 0 aliphatic heterocycles. The Morgan fingerprint density at radius 2 is 1.81 bits per heavy atom. The van der Waals surface area contributed by atoms with Gasteiger partial charge in [0.05, 0.1) is 25.8 Å². The third kappa shape index (κ3) is 5.01. The molecular weight excluding hydrogens is 365 g/mol. The number of thiocarbonyl (C=S) groups is 1. The van der Waals surface area contributed by atoms with E-state index in [4.69, 9.17) is 21.7 Å². The highest BCUT2D eigenvalue weighted by atomic mass is 32.1. The van der Waals surface area contributed by atoms with Crippen LogP contribution in [0, 0.1) is 0 Å². The van der Waals surface area contributed by atoms with Gasteiger partial charge in [0.25, 0.3) is 0 Å². The van der Waals surface area contributed by atoms with Gasteiger partial charge in [0.15, 0.2) is 5.11 Å². The van der Waals surface area contributed by atoms with Crippen LogP contribution in [0.3, 0.4) is 0 Å². The van der Waals surface area contributed by atoms with Gasteiger partial charge in [0, 0.05) is 11.3 Å². The molecule has 2 aromatic rings. The summed E-state index contributed by atoms with van der Waals surface area (Å²) in [5.74, 6) is 1.30. The third-order valence-corrected chi connectivity index (χ3v) is 3.92. The number of methoxy groups -OCH3 is 2. The first kappa shape index (κ1) is 19.8. The molecule has 0 bridgehead atoms. The molecule has 0 fully saturated rings. The van der Waals surface area contributed by atoms with Crippen LogP contribution in [0.5, 0.6) is 11.5 Å². The first-order valence-electron chi connectivity index (χ1n) is 7.71. The van der Waals surface area contributed by atoms with Gasteiger partial charge in [0.2, 0.25) is 0 Å². The zero-order valence-corrected chi connectivity index (χ0v) is 15.3. The number of ether oxygens (including phenoxy) is 2. The number of hydrogen-bond donors (Lipinski definition) is 2. The van der Waals surface area contributed by atoms with Gasteiger partial charge in [-0.15, -0.1) is 0 Å². The van der Waals surface area contributed by atoms with E-state index >= 15 is 0 Å². The average Bonchev–Trinajstić information content (AvgIpc) is 2.60. The van der Waals surface area contributed by atoms with Gasteiger partial charge >= 0.3 is 6.18 Å². The Morgan fingerprint density at radius 3 is 2.42 bits per heavy atom. The molecule has 0 saturated heterocycles. The Kier molecular flexibility index (Phi) is 6.31. The number of alkyl halides is 3. The van der Waals surface area contributed by atoms with Crippen LogP contribution in [0.1, 0.15) is 24.1 Å². The number of benzene rings is 2. The van der Waals surface area contributed by atoms with Gasteiger partial charge in [-0.25, -0.2) is 0 Å². The van der Waals surface area contributed by atoms with E-state index in [1.54, 1.807) is 26.4 Å². The molecule has 0 heterocycles. The molecule has 0 aromatic heterocycles. The molecule has 0 saturated carbocycles. The molecule has 0 radical (unpaired) electrons. The van der Waals surface area contributed by atoms with E-state index in [1.807, 2.05) is 13.0 Å². The van der Waals surface area contributed by atoms with Crippen LogP contribution in [0.2, 0.25) is 0 Å². The summed E-state index contributed by atoms with van der Waals surface area (Å²) in [6.07, 6.45) is -4.41. The zero-order valence-electron chi connectivity index (χ0n) is 14.5. The van der Waals surface area contributed by atoms with Crippen LogP contribution in [0.15, 0.2) is 42.5 Å². The molecule has 2 aromatic carbocycles. The van der Waals surface area contributed by atoms with Crippen molar-refractivity contribution in [3.05, 3.63) is 53.6 Å². The van der Waals surface area contributed by atoms with Gasteiger partial charge in [-0.05, 0) is 55.5 Å². The topological polar surface area (TPSA) is 42.5 Å². The summed E-state index contributed by atoms with van der Waals surface area (Å²) >= 11 is 5.21. The number of anilines is 1. The van der Waals surface area contributed by atoms with Crippen molar-refractivity contribution in [2.24, 2.45) is 0 Å². The van der Waals surface area contributed by atoms with E-state index in [9.17, 15) is 13.2 Å². The molecule has 4 nitrogen and oxygen atoms in total. The van der Waals surface area contributed by atoms with E-state index in [-0.39, 0.29) is 16.8 Å². The van der Waals surface area contributed by atoms with Crippen LogP contribution in [-0.2, 0) is 6.18 Å². The summed E-state index contributed by atoms with van der Waals surface area (Å²) in [6.45, 7) is 1.86. The molecule has 0 amide bonds. The first-order chi connectivity index (χ1) is 12.2. The van der Waals surface area contributed by atoms with E-state index in [0.29, 0.717) is 11.5 Å². The van der Waals surface area contributed by atoms with Crippen molar-refractivity contribution in [2.75, 3.05) is 19.5 Å². The van der Waals surface area contributed by atoms with E-state index in [1.165, 1.54) is 12.1 Å². The fraction of sp³-hybridized carbons (Fsp3) is 0.278. The third-order valence-electron chi connectivity index (χ3n) is 3.70. The Balaban J connectivity index is 2.11. The standard InChI is InChI=1S/C18H19F3N2O2S/c1-11(15-10-14(24-2)7-8-16(15)25-3)22-17(26)23-13-6-4-5-12(9-13)18(19,20)21/h4-11H,1-3H3,(H2,22,23,26)/t11-/m0/s1. The van der Waals surface area contributed by atoms with Crippen LogP contribution in [0.4, 0.5) is 18.9 Å². The van der Waals surface area contributed by atoms with Crippen LogP contribution < -0.4 is 20.1 Å². The molecule has 0 aliphatic carbocycles. The number of rotatable bonds is 5. The maximum absolute atomic E-state index is 12.8. The second kappa shape index (κ2) is 8.27. The molecule has 0 aliphatic rings. The first-order valence-corrected chi connectivity index (χ1v) is 8.12. The number of hydrogen-bond acceptors (Lipinski definition) is 3. The molecule has 1 atom stereocenters. The SMILES string of the molecule is COc1ccc(OC)c([C@H](C)NC(=S)Nc2cccc(C(F)(F)F)c2)c1. The van der Waals surface area contributed by atoms with Crippen molar-refractivity contribution in [3.8, 4) is 11.5 Å². The largest absolute Gasteiger partial charge is 0.497 e. The Bertz CT molecular complexity index is 781. The minimum absolute atomic E-state index is 0.196. The van der Waals surface area contributed by atoms with Crippen LogP contribution >= 0.6 is 12.2 Å². The molecule has 26 heavy (non-hydrogen) atoms. The van der Waals surface area contributed by atoms with Crippen LogP contribution in [0.25, 0.3) is 0 Å². The lowest BCUT2D eigenvalue weighted by Crippen LogP contribution is -2.31. The van der Waals surface area contributed by atoms with E-state index in [2.05, 4.69) is 10.6 Å². The summed E-state index contributed by atoms with van der Waals surface area (Å²) in [7, 11) is 3.11. The highest BCUT2D eigenvalue weighted by Crippen LogP contribution is 2.31. The van der Waals surface area contributed by atoms with Gasteiger partial charge in [0.1, 0.15) is 11.5 Å². The summed E-state index contributed by atoms with van der Waals surface area (Å²) < 4.78 is 48.9. The fourth-order valence-corrected chi connectivity index (χ4v) is 2.69. The summed E-state index contributed by atoms with van der Waals surface area (Å²) in [5, 5.41) is 6.00. The minimum atomic E-state index is -4.41. The Hall–Kier alpha value is -2.48. The molecule has 8 heteroatoms. The Labute approximate surface area is 155 Å². The Morgan fingerprint density at radius 1 is 1.08 bits per heavy atom. The van der Waals surface area contributed by atoms with Gasteiger partial charge < -0.3 is 20.1 Å². The highest BCUT2D eigenvalue weighted by molar-refractivity contribution is 7.80. The lowest BCUT2D eigenvalue weighted by Gasteiger charge is -2.20. The molecular formula is C18H19F3N2O2S. The van der Waals surface area contributed by atoms with Crippen molar-refractivity contribution >= 4 is 23.0 Å². The van der Waals surface area contributed by atoms with Crippen molar-refractivity contribution < 1.29 is 22.6 Å².